The molecule has 106 valence electrons. The topological polar surface area (TPSA) is 59.7 Å². The predicted octanol–water partition coefficient (Wildman–Crippen LogP) is 3.92. The molecule has 2 rings (SSSR count). The van der Waals surface area contributed by atoms with Gasteiger partial charge >= 0.3 is 5.97 Å². The number of furan rings is 1. The van der Waals surface area contributed by atoms with Crippen molar-refractivity contribution < 1.29 is 19.1 Å². The lowest BCUT2D eigenvalue weighted by molar-refractivity contribution is 0.0694. The maximum atomic E-state index is 11.0. The van der Waals surface area contributed by atoms with E-state index in [0.29, 0.717) is 16.9 Å². The molecular weight excluding hydrogens is 324 g/mol. The maximum absolute atomic E-state index is 11.0. The van der Waals surface area contributed by atoms with Crippen LogP contribution in [0.5, 0.6) is 5.75 Å². The lowest BCUT2D eigenvalue weighted by Gasteiger charge is -2.03. The van der Waals surface area contributed by atoms with Crippen molar-refractivity contribution in [1.29, 1.82) is 0 Å². The van der Waals surface area contributed by atoms with Crippen molar-refractivity contribution in [2.45, 2.75) is 19.3 Å². The molecule has 0 aliphatic heterocycles. The summed E-state index contributed by atoms with van der Waals surface area (Å²) in [4.78, 5) is 11.0. The summed E-state index contributed by atoms with van der Waals surface area (Å²) in [6, 6.07) is 9.35. The largest absolute Gasteiger partial charge is 0.497 e. The summed E-state index contributed by atoms with van der Waals surface area (Å²) in [6.07, 6.45) is 2.28. The van der Waals surface area contributed by atoms with Crippen molar-refractivity contribution >= 4 is 21.9 Å². The third-order valence-electron chi connectivity index (χ3n) is 3.04. The van der Waals surface area contributed by atoms with E-state index >= 15 is 0 Å². The van der Waals surface area contributed by atoms with Crippen molar-refractivity contribution in [1.82, 2.24) is 0 Å². The van der Waals surface area contributed by atoms with E-state index in [1.807, 2.05) is 24.3 Å². The van der Waals surface area contributed by atoms with Crippen LogP contribution in [-0.2, 0) is 12.8 Å². The second kappa shape index (κ2) is 6.61. The predicted molar refractivity (Wildman–Crippen MR) is 78.4 cm³/mol. The fourth-order valence-corrected chi connectivity index (χ4v) is 2.43. The van der Waals surface area contributed by atoms with Gasteiger partial charge in [0.2, 0.25) is 0 Å². The van der Waals surface area contributed by atoms with Gasteiger partial charge in [0.25, 0.3) is 0 Å². The number of rotatable bonds is 6. The summed E-state index contributed by atoms with van der Waals surface area (Å²) >= 11 is 3.16. The number of halogens is 1. The van der Waals surface area contributed by atoms with Crippen LogP contribution in [0, 0.1) is 0 Å². The van der Waals surface area contributed by atoms with Gasteiger partial charge in [-0.3, -0.25) is 0 Å². The van der Waals surface area contributed by atoms with Crippen molar-refractivity contribution in [3.8, 4) is 5.75 Å². The average molecular weight is 339 g/mol. The molecule has 1 aromatic heterocycles. The molecule has 4 nitrogen and oxygen atoms in total. The minimum atomic E-state index is -0.959. The second-order valence-electron chi connectivity index (χ2n) is 4.39. The zero-order valence-corrected chi connectivity index (χ0v) is 12.6. The smallest absolute Gasteiger partial charge is 0.339 e. The van der Waals surface area contributed by atoms with Crippen LogP contribution in [0.25, 0.3) is 0 Å². The minimum absolute atomic E-state index is 0.228. The number of hydrogen-bond donors (Lipinski definition) is 1. The number of methoxy groups -OCH3 is 1. The van der Waals surface area contributed by atoms with Crippen LogP contribution in [-0.4, -0.2) is 18.2 Å². The van der Waals surface area contributed by atoms with Gasteiger partial charge in [-0.05, 0) is 46.5 Å². The van der Waals surface area contributed by atoms with Crippen molar-refractivity contribution in [2.75, 3.05) is 7.11 Å². The Balaban J connectivity index is 1.93. The summed E-state index contributed by atoms with van der Waals surface area (Å²) in [6.45, 7) is 0. The van der Waals surface area contributed by atoms with E-state index < -0.39 is 5.97 Å². The monoisotopic (exact) mass is 338 g/mol. The molecule has 1 heterocycles. The Kier molecular flexibility index (Phi) is 4.84. The molecule has 0 saturated heterocycles. The third kappa shape index (κ3) is 3.63. The molecule has 0 radical (unpaired) electrons. The molecule has 0 atom stereocenters. The van der Waals surface area contributed by atoms with Gasteiger partial charge < -0.3 is 14.3 Å². The summed E-state index contributed by atoms with van der Waals surface area (Å²) in [5.41, 5.74) is 1.42. The number of aryl methyl sites for hydroxylation is 2. The molecule has 0 unspecified atom stereocenters. The summed E-state index contributed by atoms with van der Waals surface area (Å²) < 4.78 is 10.9. The van der Waals surface area contributed by atoms with Gasteiger partial charge in [-0.25, -0.2) is 4.79 Å². The van der Waals surface area contributed by atoms with E-state index in [-0.39, 0.29) is 5.56 Å². The van der Waals surface area contributed by atoms with Crippen molar-refractivity contribution in [3.05, 3.63) is 51.9 Å². The first-order valence-electron chi connectivity index (χ1n) is 6.24. The molecule has 20 heavy (non-hydrogen) atoms. The number of carboxylic acid groups (broad SMARTS) is 1. The van der Waals surface area contributed by atoms with Crippen LogP contribution >= 0.6 is 15.9 Å². The Labute approximate surface area is 125 Å². The first-order chi connectivity index (χ1) is 9.60. The van der Waals surface area contributed by atoms with Crippen LogP contribution in [0.15, 0.2) is 39.4 Å². The molecule has 0 saturated carbocycles. The zero-order valence-electron chi connectivity index (χ0n) is 11.1. The van der Waals surface area contributed by atoms with Gasteiger partial charge in [-0.15, -0.1) is 0 Å². The Bertz CT molecular complexity index is 586. The number of carbonyl (C=O) groups is 1. The molecule has 1 aromatic carbocycles. The number of carboxylic acids is 1. The molecule has 0 aliphatic rings. The Hall–Kier alpha value is -1.75. The molecule has 0 spiro atoms. The van der Waals surface area contributed by atoms with Crippen molar-refractivity contribution in [2.24, 2.45) is 0 Å². The van der Waals surface area contributed by atoms with E-state index in [4.69, 9.17) is 14.3 Å². The van der Waals surface area contributed by atoms with Crippen LogP contribution in [0.2, 0.25) is 0 Å². The zero-order chi connectivity index (χ0) is 14.5. The lowest BCUT2D eigenvalue weighted by Crippen LogP contribution is -1.99. The van der Waals surface area contributed by atoms with E-state index in [2.05, 4.69) is 15.9 Å². The highest BCUT2D eigenvalue weighted by Gasteiger charge is 2.15. The van der Waals surface area contributed by atoms with E-state index in [0.717, 1.165) is 18.6 Å². The SMILES string of the molecule is COc1ccc(CCCc2oc(Br)cc2C(=O)O)cc1. The van der Waals surface area contributed by atoms with E-state index in [1.54, 1.807) is 7.11 Å². The van der Waals surface area contributed by atoms with Crippen LogP contribution in [0.3, 0.4) is 0 Å². The fraction of sp³-hybridized carbons (Fsp3) is 0.267. The third-order valence-corrected chi connectivity index (χ3v) is 3.43. The van der Waals surface area contributed by atoms with Crippen molar-refractivity contribution in [3.63, 3.8) is 0 Å². The van der Waals surface area contributed by atoms with E-state index in [1.165, 1.54) is 11.6 Å². The average Bonchev–Trinajstić information content (AvgIpc) is 2.81. The molecule has 0 aliphatic carbocycles. The lowest BCUT2D eigenvalue weighted by atomic mass is 10.1. The first kappa shape index (κ1) is 14.7. The summed E-state index contributed by atoms with van der Waals surface area (Å²) in [7, 11) is 1.64. The normalized spacial score (nSPS) is 10.5. The number of ether oxygens (including phenoxy) is 1. The Morgan fingerprint density at radius 2 is 2.00 bits per heavy atom. The number of benzene rings is 1. The standard InChI is InChI=1S/C15H15BrO4/c1-19-11-7-5-10(6-8-11)3-2-4-13-12(15(17)18)9-14(16)20-13/h5-9H,2-4H2,1H3,(H,17,18). The number of hydrogen-bond acceptors (Lipinski definition) is 3. The Morgan fingerprint density at radius 3 is 2.60 bits per heavy atom. The molecule has 0 fully saturated rings. The van der Waals surface area contributed by atoms with Gasteiger partial charge in [0.1, 0.15) is 17.1 Å². The van der Waals surface area contributed by atoms with Crippen LogP contribution in [0.1, 0.15) is 28.1 Å². The highest BCUT2D eigenvalue weighted by Crippen LogP contribution is 2.22. The van der Waals surface area contributed by atoms with Gasteiger partial charge in [0.15, 0.2) is 4.67 Å². The van der Waals surface area contributed by atoms with Crippen LogP contribution in [0.4, 0.5) is 0 Å². The maximum Gasteiger partial charge on any atom is 0.339 e. The first-order valence-corrected chi connectivity index (χ1v) is 7.04. The summed E-state index contributed by atoms with van der Waals surface area (Å²) in [5, 5.41) is 9.06. The molecular formula is C15H15BrO4. The summed E-state index contributed by atoms with van der Waals surface area (Å²) in [5.74, 6) is 0.383. The quantitative estimate of drug-likeness (QED) is 0.866. The van der Waals surface area contributed by atoms with Gasteiger partial charge in [-0.1, -0.05) is 12.1 Å². The molecule has 2 aromatic rings. The van der Waals surface area contributed by atoms with Gasteiger partial charge in [-0.2, -0.15) is 0 Å². The molecule has 0 amide bonds. The Morgan fingerprint density at radius 1 is 1.30 bits per heavy atom. The highest BCUT2D eigenvalue weighted by atomic mass is 79.9. The number of aromatic carboxylic acids is 1. The minimum Gasteiger partial charge on any atom is -0.497 e. The fourth-order valence-electron chi connectivity index (χ4n) is 2.01. The van der Waals surface area contributed by atoms with Gasteiger partial charge in [0.05, 0.1) is 7.11 Å². The van der Waals surface area contributed by atoms with Gasteiger partial charge in [0, 0.05) is 12.5 Å². The highest BCUT2D eigenvalue weighted by molar-refractivity contribution is 9.10. The molecule has 1 N–H and O–H groups in total. The second-order valence-corrected chi connectivity index (χ2v) is 5.18. The molecule has 0 bridgehead atoms. The van der Waals surface area contributed by atoms with E-state index in [9.17, 15) is 4.79 Å². The molecule has 5 heteroatoms. The van der Waals surface area contributed by atoms with Crippen LogP contribution < -0.4 is 4.74 Å².